The summed E-state index contributed by atoms with van der Waals surface area (Å²) in [5.41, 5.74) is 4.38. The quantitative estimate of drug-likeness (QED) is 0.162. The number of hydrogen-bond acceptors (Lipinski definition) is 10. The van der Waals surface area contributed by atoms with Gasteiger partial charge >= 0.3 is 18.0 Å². The molecule has 0 fully saturated rings. The van der Waals surface area contributed by atoms with E-state index in [0.29, 0.717) is 28.3 Å². The molecule has 0 aliphatic carbocycles. The van der Waals surface area contributed by atoms with Crippen LogP contribution in [0.15, 0.2) is 69.3 Å². The zero-order valence-corrected chi connectivity index (χ0v) is 24.9. The lowest BCUT2D eigenvalue weighted by molar-refractivity contribution is -0.139. The highest BCUT2D eigenvalue weighted by Crippen LogP contribution is 2.34. The maximum atomic E-state index is 12.6. The van der Waals surface area contributed by atoms with Crippen LogP contribution in [0.4, 0.5) is 4.79 Å². The van der Waals surface area contributed by atoms with Gasteiger partial charge in [0.2, 0.25) is 0 Å². The minimum atomic E-state index is -0.790. The molecule has 2 heterocycles. The molecule has 0 saturated carbocycles. The van der Waals surface area contributed by atoms with Crippen molar-refractivity contribution in [3.05, 3.63) is 81.7 Å². The Morgan fingerprint density at radius 3 is 2.57 bits per heavy atom. The van der Waals surface area contributed by atoms with E-state index in [4.69, 9.17) is 35.0 Å². The minimum absolute atomic E-state index is 0.171. The number of furan rings is 1. The fourth-order valence-electron chi connectivity index (χ4n) is 4.27. The number of nitrogens with zero attached hydrogens (tertiary/aromatic N) is 1. The first-order valence-corrected chi connectivity index (χ1v) is 13.6. The van der Waals surface area contributed by atoms with E-state index < -0.39 is 36.5 Å². The molecule has 13 nitrogen and oxygen atoms in total. The number of rotatable bonds is 11. The third-order valence-electron chi connectivity index (χ3n) is 6.31. The summed E-state index contributed by atoms with van der Waals surface area (Å²) >= 11 is 6.18. The Balaban J connectivity index is 1.37. The molecular formula is C30H29ClN4O9. The molecule has 0 bridgehead atoms. The number of benzene rings is 2. The molecule has 0 saturated heterocycles. The topological polar surface area (TPSA) is 167 Å². The van der Waals surface area contributed by atoms with Crippen molar-refractivity contribution < 1.29 is 42.5 Å². The fourth-order valence-corrected chi connectivity index (χ4v) is 4.53. The van der Waals surface area contributed by atoms with Crippen LogP contribution < -0.4 is 25.5 Å². The van der Waals surface area contributed by atoms with Crippen LogP contribution in [-0.2, 0) is 19.1 Å². The largest absolute Gasteiger partial charge is 0.493 e. The summed E-state index contributed by atoms with van der Waals surface area (Å²) in [5, 5.41) is 9.40. The second-order valence-corrected chi connectivity index (χ2v) is 9.58. The predicted octanol–water partition coefficient (Wildman–Crippen LogP) is 4.12. The van der Waals surface area contributed by atoms with Crippen molar-refractivity contribution in [2.45, 2.75) is 19.9 Å². The molecule has 4 rings (SSSR count). The molecule has 3 aromatic rings. The number of allylic oxidation sites excluding steroid dienone is 1. The minimum Gasteiger partial charge on any atom is -0.493 e. The van der Waals surface area contributed by atoms with E-state index in [9.17, 15) is 19.2 Å². The van der Waals surface area contributed by atoms with Crippen molar-refractivity contribution in [1.82, 2.24) is 16.1 Å². The highest BCUT2D eigenvalue weighted by Gasteiger charge is 2.32. The Morgan fingerprint density at radius 1 is 1.07 bits per heavy atom. The van der Waals surface area contributed by atoms with Crippen LogP contribution in [0, 0.1) is 0 Å². The molecular weight excluding hydrogens is 596 g/mol. The first kappa shape index (κ1) is 31.6. The van der Waals surface area contributed by atoms with Crippen LogP contribution in [0.1, 0.15) is 41.6 Å². The van der Waals surface area contributed by atoms with Crippen LogP contribution in [-0.4, -0.2) is 57.5 Å². The highest BCUT2D eigenvalue weighted by molar-refractivity contribution is 6.33. The maximum Gasteiger partial charge on any atom is 0.339 e. The molecule has 230 valence electrons. The van der Waals surface area contributed by atoms with Crippen LogP contribution in [0.3, 0.4) is 0 Å². The van der Waals surface area contributed by atoms with E-state index in [-0.39, 0.29) is 34.3 Å². The van der Waals surface area contributed by atoms with Crippen molar-refractivity contribution >= 4 is 41.7 Å². The fraction of sp³-hybridized carbons (Fsp3) is 0.233. The second kappa shape index (κ2) is 14.2. The molecule has 3 amide bonds. The van der Waals surface area contributed by atoms with E-state index in [1.807, 2.05) is 0 Å². The predicted molar refractivity (Wildman–Crippen MR) is 158 cm³/mol. The molecule has 2 aromatic carbocycles. The second-order valence-electron chi connectivity index (χ2n) is 9.17. The van der Waals surface area contributed by atoms with Gasteiger partial charge in [-0.25, -0.2) is 19.8 Å². The molecule has 3 N–H and O–H groups in total. The van der Waals surface area contributed by atoms with E-state index in [1.54, 1.807) is 56.3 Å². The molecule has 1 aliphatic rings. The number of carbonyl (C=O) groups excluding carboxylic acids is 4. The lowest BCUT2D eigenvalue weighted by atomic mass is 9.95. The van der Waals surface area contributed by atoms with Crippen LogP contribution >= 0.6 is 11.6 Å². The van der Waals surface area contributed by atoms with Gasteiger partial charge in [0.25, 0.3) is 5.91 Å². The van der Waals surface area contributed by atoms with Gasteiger partial charge in [-0.05, 0) is 55.8 Å². The standard InChI is InChI=1S/C30H29ClN4O9/c1-5-42-29(38)26-16(2)33-30(39)34-27(26)18-7-10-23(24(13-18)40-3)43-15-25(36)35-32-14-19-8-11-22(44-19)17-6-9-20(21(31)12-17)28(37)41-4/h6-14,27H,5,15H2,1-4H3,(H,35,36)(H2,33,34,39)/b32-14-/t27-/m1/s1. The molecule has 1 aliphatic heterocycles. The molecule has 44 heavy (non-hydrogen) atoms. The van der Waals surface area contributed by atoms with Crippen molar-refractivity contribution in [2.24, 2.45) is 5.10 Å². The zero-order valence-electron chi connectivity index (χ0n) is 24.2. The van der Waals surface area contributed by atoms with Crippen LogP contribution in [0.25, 0.3) is 11.3 Å². The third kappa shape index (κ3) is 7.36. The average molecular weight is 625 g/mol. The van der Waals surface area contributed by atoms with Gasteiger partial charge in [0.05, 0.1) is 49.2 Å². The van der Waals surface area contributed by atoms with E-state index in [2.05, 4.69) is 21.2 Å². The number of urea groups is 1. The SMILES string of the molecule is CCOC(=O)C1=C(C)NC(=O)N[C@@H]1c1ccc(OCC(=O)N/N=C\c2ccc(-c3ccc(C(=O)OC)c(Cl)c3)o2)c(OC)c1. The number of amides is 3. The Morgan fingerprint density at radius 2 is 1.86 bits per heavy atom. The first-order chi connectivity index (χ1) is 21.1. The first-order valence-electron chi connectivity index (χ1n) is 13.2. The molecule has 1 atom stereocenters. The lowest BCUT2D eigenvalue weighted by Gasteiger charge is -2.28. The van der Waals surface area contributed by atoms with E-state index in [0.717, 1.165) is 0 Å². The number of methoxy groups -OCH3 is 2. The van der Waals surface area contributed by atoms with Gasteiger partial charge in [-0.3, -0.25) is 4.79 Å². The van der Waals surface area contributed by atoms with Crippen LogP contribution in [0.5, 0.6) is 11.5 Å². The van der Waals surface area contributed by atoms with Crippen molar-refractivity contribution in [3.8, 4) is 22.8 Å². The molecule has 0 radical (unpaired) electrons. The molecule has 0 spiro atoms. The highest BCUT2D eigenvalue weighted by atomic mass is 35.5. The summed E-state index contributed by atoms with van der Waals surface area (Å²) in [5.74, 6) is -0.325. The van der Waals surface area contributed by atoms with Gasteiger partial charge < -0.3 is 34.0 Å². The number of carbonyl (C=O) groups is 4. The van der Waals surface area contributed by atoms with Gasteiger partial charge in [-0.15, -0.1) is 0 Å². The van der Waals surface area contributed by atoms with Gasteiger partial charge in [0, 0.05) is 11.3 Å². The summed E-state index contributed by atoms with van der Waals surface area (Å²) < 4.78 is 26.6. The van der Waals surface area contributed by atoms with Crippen molar-refractivity contribution in [1.29, 1.82) is 0 Å². The average Bonchev–Trinajstić information content (AvgIpc) is 3.48. The molecule has 14 heteroatoms. The molecule has 0 unspecified atom stereocenters. The van der Waals surface area contributed by atoms with Crippen molar-refractivity contribution in [2.75, 3.05) is 27.4 Å². The van der Waals surface area contributed by atoms with Gasteiger partial charge in [0.1, 0.15) is 11.5 Å². The number of nitrogens with one attached hydrogen (secondary N) is 3. The number of hydrazone groups is 1. The lowest BCUT2D eigenvalue weighted by Crippen LogP contribution is -2.45. The normalized spacial score (nSPS) is 14.5. The number of esters is 2. The number of hydrogen-bond donors (Lipinski definition) is 3. The Kier molecular flexibility index (Phi) is 10.2. The Bertz CT molecular complexity index is 1650. The van der Waals surface area contributed by atoms with Gasteiger partial charge in [0.15, 0.2) is 18.1 Å². The zero-order chi connectivity index (χ0) is 31.8. The number of ether oxygens (including phenoxy) is 4. The van der Waals surface area contributed by atoms with Gasteiger partial charge in [-0.1, -0.05) is 23.7 Å². The van der Waals surface area contributed by atoms with Crippen LogP contribution in [0.2, 0.25) is 5.02 Å². The number of halogens is 1. The Labute approximate surface area is 257 Å². The monoisotopic (exact) mass is 624 g/mol. The summed E-state index contributed by atoms with van der Waals surface area (Å²) in [4.78, 5) is 48.8. The summed E-state index contributed by atoms with van der Waals surface area (Å²) in [6.45, 7) is 3.08. The summed E-state index contributed by atoms with van der Waals surface area (Å²) in [6, 6.07) is 11.6. The maximum absolute atomic E-state index is 12.6. The van der Waals surface area contributed by atoms with E-state index in [1.165, 1.54) is 26.5 Å². The van der Waals surface area contributed by atoms with Gasteiger partial charge in [-0.2, -0.15) is 5.10 Å². The smallest absolute Gasteiger partial charge is 0.339 e. The summed E-state index contributed by atoms with van der Waals surface area (Å²) in [6.07, 6.45) is 1.31. The summed E-state index contributed by atoms with van der Waals surface area (Å²) in [7, 11) is 2.69. The van der Waals surface area contributed by atoms with E-state index >= 15 is 0 Å². The third-order valence-corrected chi connectivity index (χ3v) is 6.62. The molecule has 1 aromatic heterocycles. The Hall–Kier alpha value is -5.30. The van der Waals surface area contributed by atoms with Crippen molar-refractivity contribution in [3.63, 3.8) is 0 Å².